The number of fused-ring (bicyclic) bond motifs is 2. The summed E-state index contributed by atoms with van der Waals surface area (Å²) in [4.78, 5) is 25.3. The Bertz CT molecular complexity index is 1490. The lowest BCUT2D eigenvalue weighted by molar-refractivity contribution is -0.116. The van der Waals surface area contributed by atoms with Crippen molar-refractivity contribution in [1.82, 2.24) is 13.7 Å². The van der Waals surface area contributed by atoms with Gasteiger partial charge < -0.3 is 9.88 Å². The molecule has 2 heterocycles. The van der Waals surface area contributed by atoms with Gasteiger partial charge in [-0.1, -0.05) is 42.5 Å². The Morgan fingerprint density at radius 3 is 2.41 bits per heavy atom. The number of imidazole rings is 1. The number of rotatable bonds is 5. The van der Waals surface area contributed by atoms with Crippen LogP contribution in [0.1, 0.15) is 18.0 Å². The second-order valence-corrected chi connectivity index (χ2v) is 8.07. The molecule has 6 heteroatoms. The molecule has 0 radical (unpaired) electrons. The second kappa shape index (κ2) is 7.89. The lowest BCUT2D eigenvalue weighted by atomic mass is 9.96. The third-order valence-corrected chi connectivity index (χ3v) is 6.10. The first-order valence-electron chi connectivity index (χ1n) is 10.6. The van der Waals surface area contributed by atoms with Crippen LogP contribution in [0, 0.1) is 0 Å². The van der Waals surface area contributed by atoms with Crippen molar-refractivity contribution in [2.45, 2.75) is 12.5 Å². The predicted molar refractivity (Wildman–Crippen MR) is 128 cm³/mol. The Morgan fingerprint density at radius 2 is 1.59 bits per heavy atom. The van der Waals surface area contributed by atoms with Crippen molar-refractivity contribution in [2.24, 2.45) is 14.1 Å². The third kappa shape index (κ3) is 3.39. The molecule has 0 saturated carbocycles. The van der Waals surface area contributed by atoms with Crippen molar-refractivity contribution in [3.8, 4) is 0 Å². The van der Waals surface area contributed by atoms with Crippen molar-refractivity contribution in [2.75, 3.05) is 5.32 Å². The Balaban J connectivity index is 1.47. The van der Waals surface area contributed by atoms with E-state index in [-0.39, 0.29) is 24.1 Å². The first-order valence-corrected chi connectivity index (χ1v) is 10.6. The van der Waals surface area contributed by atoms with Gasteiger partial charge in [0.2, 0.25) is 5.91 Å². The number of amides is 1. The zero-order valence-corrected chi connectivity index (χ0v) is 18.0. The Morgan fingerprint density at radius 1 is 0.875 bits per heavy atom. The summed E-state index contributed by atoms with van der Waals surface area (Å²) in [5.74, 6) is -0.0862. The van der Waals surface area contributed by atoms with E-state index in [1.54, 1.807) is 23.2 Å². The van der Waals surface area contributed by atoms with Gasteiger partial charge in [-0.25, -0.2) is 4.79 Å². The van der Waals surface area contributed by atoms with Gasteiger partial charge in [-0.2, -0.15) is 0 Å². The second-order valence-electron chi connectivity index (χ2n) is 8.07. The summed E-state index contributed by atoms with van der Waals surface area (Å²) in [6, 6.07) is 23.8. The molecule has 0 fully saturated rings. The van der Waals surface area contributed by atoms with Crippen LogP contribution in [0.5, 0.6) is 0 Å². The minimum absolute atomic E-state index is 0.0862. The highest BCUT2D eigenvalue weighted by molar-refractivity contribution is 5.94. The van der Waals surface area contributed by atoms with E-state index in [0.29, 0.717) is 5.69 Å². The van der Waals surface area contributed by atoms with Gasteiger partial charge in [-0.3, -0.25) is 13.9 Å². The number of aromatic nitrogens is 3. The van der Waals surface area contributed by atoms with Crippen LogP contribution in [0.3, 0.4) is 0 Å². The maximum atomic E-state index is 13.1. The largest absolute Gasteiger partial charge is 0.346 e. The van der Waals surface area contributed by atoms with Gasteiger partial charge in [-0.05, 0) is 46.7 Å². The quantitative estimate of drug-likeness (QED) is 0.453. The number of nitrogens with zero attached hydrogens (tertiary/aromatic N) is 3. The maximum Gasteiger partial charge on any atom is 0.328 e. The number of anilines is 1. The fourth-order valence-electron chi connectivity index (χ4n) is 4.44. The minimum Gasteiger partial charge on any atom is -0.346 e. The van der Waals surface area contributed by atoms with E-state index < -0.39 is 0 Å². The third-order valence-electron chi connectivity index (χ3n) is 6.10. The molecule has 0 unspecified atom stereocenters. The Hall–Kier alpha value is -4.06. The molecule has 5 aromatic rings. The summed E-state index contributed by atoms with van der Waals surface area (Å²) in [5, 5.41) is 5.32. The summed E-state index contributed by atoms with van der Waals surface area (Å²) in [5.41, 5.74) is 3.30. The molecule has 0 bridgehead atoms. The van der Waals surface area contributed by atoms with Crippen LogP contribution in [0.2, 0.25) is 0 Å². The van der Waals surface area contributed by atoms with Crippen LogP contribution < -0.4 is 11.0 Å². The molecule has 160 valence electrons. The molecule has 32 heavy (non-hydrogen) atoms. The molecule has 0 aliphatic carbocycles. The average molecular weight is 425 g/mol. The van der Waals surface area contributed by atoms with Crippen LogP contribution in [0.25, 0.3) is 21.8 Å². The van der Waals surface area contributed by atoms with E-state index in [4.69, 9.17) is 0 Å². The van der Waals surface area contributed by atoms with Gasteiger partial charge in [0.25, 0.3) is 0 Å². The molecule has 0 aliphatic rings. The number of benzene rings is 3. The van der Waals surface area contributed by atoms with Gasteiger partial charge in [0.15, 0.2) is 0 Å². The maximum absolute atomic E-state index is 13.1. The highest BCUT2D eigenvalue weighted by Gasteiger charge is 2.20. The number of carbonyl (C=O) groups is 1. The molecule has 0 aliphatic heterocycles. The molecular formula is C26H24N4O2. The lowest BCUT2D eigenvalue weighted by Gasteiger charge is -2.21. The van der Waals surface area contributed by atoms with E-state index in [2.05, 4.69) is 34.1 Å². The van der Waals surface area contributed by atoms with Gasteiger partial charge >= 0.3 is 5.69 Å². The van der Waals surface area contributed by atoms with Crippen molar-refractivity contribution in [3.63, 3.8) is 0 Å². The normalized spacial score (nSPS) is 12.3. The molecule has 2 aromatic heterocycles. The molecule has 0 spiro atoms. The molecule has 6 nitrogen and oxygen atoms in total. The Kier molecular flexibility index (Phi) is 4.90. The summed E-state index contributed by atoms with van der Waals surface area (Å²) in [6.07, 6.45) is 4.27. The molecular weight excluding hydrogens is 400 g/mol. The van der Waals surface area contributed by atoms with E-state index in [1.807, 2.05) is 60.9 Å². The molecule has 5 rings (SSSR count). The standard InChI is InChI=1S/C26H24N4O2/c1-28-22-13-12-19(16-24(22)29(2)26(28)32)27-25(31)17-23(30-14-5-6-15-30)21-11-7-9-18-8-3-4-10-20(18)21/h3-16,23H,17H2,1-2H3,(H,27,31)/t23-/m0/s1. The molecule has 1 atom stereocenters. The fraction of sp³-hybridized carbons (Fsp3) is 0.154. The van der Waals surface area contributed by atoms with Gasteiger partial charge in [0.05, 0.1) is 23.5 Å². The van der Waals surface area contributed by atoms with E-state index in [0.717, 1.165) is 27.4 Å². The summed E-state index contributed by atoms with van der Waals surface area (Å²) in [6.45, 7) is 0. The van der Waals surface area contributed by atoms with Crippen molar-refractivity contribution < 1.29 is 4.79 Å². The monoisotopic (exact) mass is 424 g/mol. The fourth-order valence-corrected chi connectivity index (χ4v) is 4.44. The van der Waals surface area contributed by atoms with Gasteiger partial charge in [-0.15, -0.1) is 0 Å². The number of carbonyl (C=O) groups excluding carboxylic acids is 1. The van der Waals surface area contributed by atoms with Crippen molar-refractivity contribution >= 4 is 33.4 Å². The first kappa shape index (κ1) is 19.9. The number of hydrogen-bond donors (Lipinski definition) is 1. The van der Waals surface area contributed by atoms with Crippen LogP contribution >= 0.6 is 0 Å². The zero-order valence-electron chi connectivity index (χ0n) is 18.0. The lowest BCUT2D eigenvalue weighted by Crippen LogP contribution is -2.20. The van der Waals surface area contributed by atoms with E-state index in [1.165, 1.54) is 0 Å². The first-order chi connectivity index (χ1) is 15.5. The molecule has 3 aromatic carbocycles. The minimum atomic E-state index is -0.138. The summed E-state index contributed by atoms with van der Waals surface area (Å²) < 4.78 is 5.26. The van der Waals surface area contributed by atoms with Gasteiger partial charge in [0.1, 0.15) is 0 Å². The van der Waals surface area contributed by atoms with E-state index in [9.17, 15) is 9.59 Å². The summed E-state index contributed by atoms with van der Waals surface area (Å²) in [7, 11) is 3.48. The number of hydrogen-bond acceptors (Lipinski definition) is 2. The Labute approximate surface area is 185 Å². The summed E-state index contributed by atoms with van der Waals surface area (Å²) >= 11 is 0. The van der Waals surface area contributed by atoms with Crippen molar-refractivity contribution in [1.29, 1.82) is 0 Å². The SMILES string of the molecule is Cn1c(=O)n(C)c2cc(NC(=O)C[C@@H](c3cccc4ccccc34)n3cccc3)ccc21. The number of aryl methyl sites for hydroxylation is 2. The smallest absolute Gasteiger partial charge is 0.328 e. The van der Waals surface area contributed by atoms with Crippen molar-refractivity contribution in [3.05, 3.63) is 101 Å². The predicted octanol–water partition coefficient (Wildman–Crippen LogP) is 4.45. The molecule has 1 N–H and O–H groups in total. The highest BCUT2D eigenvalue weighted by atomic mass is 16.2. The van der Waals surface area contributed by atoms with Crippen LogP contribution in [0.4, 0.5) is 5.69 Å². The van der Waals surface area contributed by atoms with Gasteiger partial charge in [0, 0.05) is 32.2 Å². The van der Waals surface area contributed by atoms with Crippen LogP contribution in [-0.4, -0.2) is 19.6 Å². The number of nitrogens with one attached hydrogen (secondary N) is 1. The highest BCUT2D eigenvalue weighted by Crippen LogP contribution is 2.30. The zero-order chi connectivity index (χ0) is 22.2. The van der Waals surface area contributed by atoms with Crippen LogP contribution in [-0.2, 0) is 18.9 Å². The molecule has 1 amide bonds. The topological polar surface area (TPSA) is 61.0 Å². The van der Waals surface area contributed by atoms with E-state index >= 15 is 0 Å². The van der Waals surface area contributed by atoms with Crippen LogP contribution in [0.15, 0.2) is 90.0 Å². The molecule has 0 saturated heterocycles. The average Bonchev–Trinajstić information content (AvgIpc) is 3.41.